The van der Waals surface area contributed by atoms with Gasteiger partial charge in [0, 0.05) is 26.2 Å². The first kappa shape index (κ1) is 12.7. The van der Waals surface area contributed by atoms with Crippen molar-refractivity contribution in [2.45, 2.75) is 31.7 Å². The Labute approximate surface area is 114 Å². The number of nitrogens with one attached hydrogen (secondary N) is 1. The Morgan fingerprint density at radius 1 is 1.37 bits per heavy atom. The third-order valence-corrected chi connectivity index (χ3v) is 4.21. The summed E-state index contributed by atoms with van der Waals surface area (Å²) in [4.78, 5) is 18.3. The van der Waals surface area contributed by atoms with Gasteiger partial charge in [0.25, 0.3) is 5.91 Å². The smallest absolute Gasteiger partial charge is 0.272 e. The molecule has 0 spiro atoms. The second-order valence-electron chi connectivity index (χ2n) is 5.81. The minimum Gasteiger partial charge on any atom is -0.337 e. The van der Waals surface area contributed by atoms with Crippen LogP contribution in [0.15, 0.2) is 12.5 Å². The minimum atomic E-state index is 0.112. The first-order chi connectivity index (χ1) is 9.24. The number of hydrogen-bond donors (Lipinski definition) is 1. The predicted octanol–water partition coefficient (Wildman–Crippen LogP) is 1.02. The monoisotopic (exact) mass is 262 g/mol. The van der Waals surface area contributed by atoms with Gasteiger partial charge in [-0.15, -0.1) is 0 Å². The van der Waals surface area contributed by atoms with Crippen molar-refractivity contribution >= 4 is 5.91 Å². The summed E-state index contributed by atoms with van der Waals surface area (Å²) in [5.74, 6) is 1.04. The van der Waals surface area contributed by atoms with Crippen LogP contribution in [0.5, 0.6) is 0 Å². The van der Waals surface area contributed by atoms with E-state index in [0.717, 1.165) is 31.8 Å². The molecule has 2 heterocycles. The topological polar surface area (TPSA) is 50.2 Å². The highest BCUT2D eigenvalue weighted by Gasteiger charge is 2.27. The summed E-state index contributed by atoms with van der Waals surface area (Å²) in [6.07, 6.45) is 8.25. The molecule has 1 aliphatic carbocycles. The number of imidazole rings is 1. The van der Waals surface area contributed by atoms with Crippen LogP contribution in [-0.2, 0) is 7.05 Å². The molecule has 0 bridgehead atoms. The van der Waals surface area contributed by atoms with E-state index in [2.05, 4.69) is 10.3 Å². The van der Waals surface area contributed by atoms with E-state index in [1.165, 1.54) is 19.4 Å². The lowest BCUT2D eigenvalue weighted by molar-refractivity contribution is 0.0695. The number of hydrogen-bond acceptors (Lipinski definition) is 3. The van der Waals surface area contributed by atoms with Gasteiger partial charge in [-0.2, -0.15) is 0 Å². The normalized spacial score (nSPS) is 20.8. The largest absolute Gasteiger partial charge is 0.337 e. The van der Waals surface area contributed by atoms with E-state index in [1.807, 2.05) is 11.9 Å². The molecule has 5 nitrogen and oxygen atoms in total. The zero-order chi connectivity index (χ0) is 13.2. The minimum absolute atomic E-state index is 0.112. The van der Waals surface area contributed by atoms with Crippen LogP contribution in [0.1, 0.15) is 36.2 Å². The number of carbonyl (C=O) groups is 1. The Morgan fingerprint density at radius 2 is 2.11 bits per heavy atom. The van der Waals surface area contributed by atoms with Gasteiger partial charge in [0.15, 0.2) is 0 Å². The lowest BCUT2D eigenvalue weighted by Gasteiger charge is -2.32. The fraction of sp³-hybridized carbons (Fsp3) is 0.714. The van der Waals surface area contributed by atoms with Gasteiger partial charge in [-0.25, -0.2) is 4.98 Å². The molecule has 104 valence electrons. The summed E-state index contributed by atoms with van der Waals surface area (Å²) in [5.41, 5.74) is 0.685. The highest BCUT2D eigenvalue weighted by molar-refractivity contribution is 5.92. The van der Waals surface area contributed by atoms with Crippen molar-refractivity contribution < 1.29 is 4.79 Å². The van der Waals surface area contributed by atoms with Crippen molar-refractivity contribution in [1.82, 2.24) is 19.8 Å². The standard InChI is InChI=1S/C14H22N4O/c1-17-10-15-9-13(17)14(19)18-6-4-12(5-7-18)16-8-11-2-3-11/h9-12,16H,2-8H2,1H3. The second kappa shape index (κ2) is 5.33. The Balaban J connectivity index is 1.49. The van der Waals surface area contributed by atoms with E-state index < -0.39 is 0 Å². The van der Waals surface area contributed by atoms with Gasteiger partial charge in [-0.3, -0.25) is 4.79 Å². The number of nitrogens with zero attached hydrogens (tertiary/aromatic N) is 3. The number of aromatic nitrogens is 2. The van der Waals surface area contributed by atoms with Crippen LogP contribution in [0.4, 0.5) is 0 Å². The number of amides is 1. The van der Waals surface area contributed by atoms with Gasteiger partial charge in [-0.05, 0) is 38.1 Å². The maximum atomic E-state index is 12.3. The molecule has 0 atom stereocenters. The third-order valence-electron chi connectivity index (χ3n) is 4.21. The number of aryl methyl sites for hydroxylation is 1. The van der Waals surface area contributed by atoms with Crippen LogP contribution in [0.25, 0.3) is 0 Å². The van der Waals surface area contributed by atoms with E-state index in [4.69, 9.17) is 0 Å². The van der Waals surface area contributed by atoms with Crippen molar-refractivity contribution in [3.63, 3.8) is 0 Å². The molecule has 0 radical (unpaired) electrons. The zero-order valence-electron chi connectivity index (χ0n) is 11.5. The molecule has 1 amide bonds. The van der Waals surface area contributed by atoms with Crippen LogP contribution in [0.3, 0.4) is 0 Å². The Kier molecular flexibility index (Phi) is 3.55. The van der Waals surface area contributed by atoms with E-state index >= 15 is 0 Å². The average Bonchev–Trinajstić information content (AvgIpc) is 3.17. The van der Waals surface area contributed by atoms with Crippen molar-refractivity contribution in [2.75, 3.05) is 19.6 Å². The molecular formula is C14H22N4O. The van der Waals surface area contributed by atoms with Crippen LogP contribution in [0.2, 0.25) is 0 Å². The molecule has 0 aromatic carbocycles. The summed E-state index contributed by atoms with van der Waals surface area (Å²) in [6.45, 7) is 2.87. The summed E-state index contributed by atoms with van der Waals surface area (Å²) in [6, 6.07) is 0.594. The Morgan fingerprint density at radius 3 is 2.68 bits per heavy atom. The molecular weight excluding hydrogens is 240 g/mol. The summed E-state index contributed by atoms with van der Waals surface area (Å²) in [7, 11) is 1.87. The van der Waals surface area contributed by atoms with Gasteiger partial charge in [-0.1, -0.05) is 0 Å². The summed E-state index contributed by atoms with van der Waals surface area (Å²) >= 11 is 0. The molecule has 1 saturated heterocycles. The molecule has 3 rings (SSSR count). The van der Waals surface area contributed by atoms with E-state index in [0.29, 0.717) is 11.7 Å². The maximum absolute atomic E-state index is 12.3. The number of piperidine rings is 1. The van der Waals surface area contributed by atoms with Crippen molar-refractivity contribution in [3.8, 4) is 0 Å². The number of likely N-dealkylation sites (tertiary alicyclic amines) is 1. The maximum Gasteiger partial charge on any atom is 0.272 e. The van der Waals surface area contributed by atoms with Crippen molar-refractivity contribution in [2.24, 2.45) is 13.0 Å². The van der Waals surface area contributed by atoms with Gasteiger partial charge in [0.1, 0.15) is 5.69 Å². The molecule has 2 fully saturated rings. The van der Waals surface area contributed by atoms with Gasteiger partial charge in [0.2, 0.25) is 0 Å². The summed E-state index contributed by atoms with van der Waals surface area (Å²) < 4.78 is 1.79. The number of rotatable bonds is 4. The van der Waals surface area contributed by atoms with Crippen LogP contribution < -0.4 is 5.32 Å². The van der Waals surface area contributed by atoms with E-state index in [9.17, 15) is 4.79 Å². The van der Waals surface area contributed by atoms with E-state index in [1.54, 1.807) is 17.1 Å². The molecule has 1 aromatic heterocycles. The van der Waals surface area contributed by atoms with Crippen molar-refractivity contribution in [1.29, 1.82) is 0 Å². The highest BCUT2D eigenvalue weighted by Crippen LogP contribution is 2.28. The third kappa shape index (κ3) is 2.97. The van der Waals surface area contributed by atoms with Crippen LogP contribution in [-0.4, -0.2) is 46.0 Å². The molecule has 19 heavy (non-hydrogen) atoms. The molecule has 1 saturated carbocycles. The molecule has 1 aromatic rings. The first-order valence-electron chi connectivity index (χ1n) is 7.23. The fourth-order valence-electron chi connectivity index (χ4n) is 2.67. The Bertz CT molecular complexity index is 444. The lowest BCUT2D eigenvalue weighted by atomic mass is 10.0. The first-order valence-corrected chi connectivity index (χ1v) is 7.23. The SMILES string of the molecule is Cn1cncc1C(=O)N1CCC(NCC2CC2)CC1. The molecule has 5 heteroatoms. The lowest BCUT2D eigenvalue weighted by Crippen LogP contribution is -2.45. The van der Waals surface area contributed by atoms with Gasteiger partial charge >= 0.3 is 0 Å². The quantitative estimate of drug-likeness (QED) is 0.881. The number of carbonyl (C=O) groups excluding carboxylic acids is 1. The second-order valence-corrected chi connectivity index (χ2v) is 5.81. The average molecular weight is 262 g/mol. The zero-order valence-corrected chi connectivity index (χ0v) is 11.5. The van der Waals surface area contributed by atoms with E-state index in [-0.39, 0.29) is 5.91 Å². The Hall–Kier alpha value is -1.36. The predicted molar refractivity (Wildman–Crippen MR) is 72.9 cm³/mol. The molecule has 1 N–H and O–H groups in total. The van der Waals surface area contributed by atoms with Gasteiger partial charge < -0.3 is 14.8 Å². The summed E-state index contributed by atoms with van der Waals surface area (Å²) in [5, 5.41) is 3.63. The van der Waals surface area contributed by atoms with Gasteiger partial charge in [0.05, 0.1) is 12.5 Å². The fourth-order valence-corrected chi connectivity index (χ4v) is 2.67. The van der Waals surface area contributed by atoms with Crippen molar-refractivity contribution in [3.05, 3.63) is 18.2 Å². The highest BCUT2D eigenvalue weighted by atomic mass is 16.2. The van der Waals surface area contributed by atoms with Crippen LogP contribution in [0, 0.1) is 5.92 Å². The molecule has 2 aliphatic rings. The molecule has 1 aliphatic heterocycles. The van der Waals surface area contributed by atoms with Crippen LogP contribution >= 0.6 is 0 Å². The molecule has 0 unspecified atom stereocenters.